The van der Waals surface area contributed by atoms with E-state index in [9.17, 15) is 4.79 Å². The number of rotatable bonds is 14. The number of ether oxygens (including phenoxy) is 2. The van der Waals surface area contributed by atoms with Crippen LogP contribution in [0.25, 0.3) is 32.8 Å². The van der Waals surface area contributed by atoms with Crippen molar-refractivity contribution in [2.45, 2.75) is 52.0 Å². The number of hydrogen-bond acceptors (Lipinski definition) is 5. The second-order valence-electron chi connectivity index (χ2n) is 10.9. The van der Waals surface area contributed by atoms with Gasteiger partial charge in [0, 0.05) is 41.2 Å². The second kappa shape index (κ2) is 14.5. The standard InChI is InChI=1S/C35H40Cl2N4O3/c1-5-43-35(42)34-26(15-11-21-44-30-16-10-13-24-12-6-7-14-25(24)30)27-17-18-28(37)32(31-23(2)40(4)39-29(31)22-36)33(27)41(34)20-9-8-19-38-3/h6-7,10,12-14,16-18,38H,5,8-9,11,15,19-22H2,1-4H3. The number of alkyl halides is 1. The fraction of sp³-hybridized carbons (Fsp3) is 0.371. The molecule has 1 N–H and O–H groups in total. The molecule has 5 rings (SSSR count). The molecule has 3 aromatic carbocycles. The smallest absolute Gasteiger partial charge is 0.355 e. The lowest BCUT2D eigenvalue weighted by Gasteiger charge is -2.15. The second-order valence-corrected chi connectivity index (χ2v) is 11.6. The van der Waals surface area contributed by atoms with Gasteiger partial charge in [-0.25, -0.2) is 4.79 Å². The van der Waals surface area contributed by atoms with Gasteiger partial charge in [-0.15, -0.1) is 11.6 Å². The van der Waals surface area contributed by atoms with E-state index in [-0.39, 0.29) is 18.5 Å². The predicted molar refractivity (Wildman–Crippen MR) is 180 cm³/mol. The summed E-state index contributed by atoms with van der Waals surface area (Å²) in [6.45, 7) is 6.17. The van der Waals surface area contributed by atoms with E-state index in [0.717, 1.165) is 74.9 Å². The Kier molecular flexibility index (Phi) is 10.5. The van der Waals surface area contributed by atoms with E-state index in [1.54, 1.807) is 0 Å². The molecule has 44 heavy (non-hydrogen) atoms. The number of esters is 1. The molecule has 232 valence electrons. The maximum atomic E-state index is 13.7. The molecule has 2 aromatic heterocycles. The van der Waals surface area contributed by atoms with Gasteiger partial charge in [0.15, 0.2) is 0 Å². The topological polar surface area (TPSA) is 70.3 Å². The molecule has 0 saturated carbocycles. The molecule has 0 spiro atoms. The summed E-state index contributed by atoms with van der Waals surface area (Å²) in [4.78, 5) is 13.7. The van der Waals surface area contributed by atoms with E-state index < -0.39 is 0 Å². The SMILES string of the molecule is CCOC(=O)c1c(CCCOc2cccc3ccccc23)c2ccc(Cl)c(-c3c(CCl)nn(C)c3C)c2n1CCCCNC. The van der Waals surface area contributed by atoms with Gasteiger partial charge in [-0.3, -0.25) is 4.68 Å². The van der Waals surface area contributed by atoms with Crippen molar-refractivity contribution in [2.24, 2.45) is 7.05 Å². The van der Waals surface area contributed by atoms with Crippen LogP contribution in [0.5, 0.6) is 5.75 Å². The molecule has 7 nitrogen and oxygen atoms in total. The van der Waals surface area contributed by atoms with Crippen LogP contribution in [0.1, 0.15) is 53.6 Å². The minimum atomic E-state index is -0.329. The van der Waals surface area contributed by atoms with Gasteiger partial charge in [0.1, 0.15) is 11.4 Å². The fourth-order valence-corrected chi connectivity index (χ4v) is 6.49. The van der Waals surface area contributed by atoms with Crippen LogP contribution in [-0.4, -0.2) is 47.1 Å². The van der Waals surface area contributed by atoms with E-state index in [2.05, 4.69) is 33.2 Å². The quantitative estimate of drug-likeness (QED) is 0.0759. The summed E-state index contributed by atoms with van der Waals surface area (Å²) in [7, 11) is 3.86. The van der Waals surface area contributed by atoms with E-state index in [4.69, 9.17) is 32.7 Å². The average molecular weight is 636 g/mol. The summed E-state index contributed by atoms with van der Waals surface area (Å²) in [6.07, 6.45) is 3.18. The Morgan fingerprint density at radius 2 is 1.80 bits per heavy atom. The van der Waals surface area contributed by atoms with Crippen LogP contribution in [0.4, 0.5) is 0 Å². The molecular formula is C35H40Cl2N4O3. The van der Waals surface area contributed by atoms with Crippen LogP contribution in [-0.2, 0) is 30.6 Å². The van der Waals surface area contributed by atoms with Gasteiger partial charge in [0.2, 0.25) is 0 Å². The lowest BCUT2D eigenvalue weighted by Crippen LogP contribution is -2.16. The first-order valence-corrected chi connectivity index (χ1v) is 16.2. The third kappa shape index (κ3) is 6.32. The monoisotopic (exact) mass is 634 g/mol. The highest BCUT2D eigenvalue weighted by Crippen LogP contribution is 2.43. The number of hydrogen-bond donors (Lipinski definition) is 1. The summed E-state index contributed by atoms with van der Waals surface area (Å²) in [5.74, 6) is 0.774. The summed E-state index contributed by atoms with van der Waals surface area (Å²) in [6, 6.07) is 18.3. The molecule has 0 aliphatic carbocycles. The molecule has 0 fully saturated rings. The summed E-state index contributed by atoms with van der Waals surface area (Å²) >= 11 is 13.4. The Bertz CT molecular complexity index is 1770. The number of halogens is 2. The van der Waals surface area contributed by atoms with Crippen LogP contribution in [0, 0.1) is 6.92 Å². The van der Waals surface area contributed by atoms with Gasteiger partial charge < -0.3 is 19.4 Å². The summed E-state index contributed by atoms with van der Waals surface area (Å²) in [5.41, 5.74) is 5.91. The van der Waals surface area contributed by atoms with Crippen molar-refractivity contribution in [2.75, 3.05) is 26.8 Å². The molecule has 2 heterocycles. The van der Waals surface area contributed by atoms with Gasteiger partial charge in [0.25, 0.3) is 0 Å². The summed E-state index contributed by atoms with van der Waals surface area (Å²) < 4.78 is 15.9. The van der Waals surface area contributed by atoms with E-state index in [1.807, 2.05) is 69.0 Å². The Labute approximate surface area is 269 Å². The Morgan fingerprint density at radius 3 is 2.57 bits per heavy atom. The highest BCUT2D eigenvalue weighted by molar-refractivity contribution is 6.35. The minimum absolute atomic E-state index is 0.246. The first-order chi connectivity index (χ1) is 21.4. The number of unbranched alkanes of at least 4 members (excludes halogenated alkanes) is 1. The van der Waals surface area contributed by atoms with Crippen molar-refractivity contribution in [1.29, 1.82) is 0 Å². The number of carbonyl (C=O) groups excluding carboxylic acids is 1. The third-order valence-electron chi connectivity index (χ3n) is 8.17. The molecule has 0 amide bonds. The number of aryl methyl sites for hydroxylation is 3. The molecule has 0 radical (unpaired) electrons. The maximum Gasteiger partial charge on any atom is 0.355 e. The average Bonchev–Trinajstić information content (AvgIpc) is 3.50. The molecular weight excluding hydrogens is 595 g/mol. The van der Waals surface area contributed by atoms with Crippen molar-refractivity contribution in [3.8, 4) is 16.9 Å². The molecule has 9 heteroatoms. The Balaban J connectivity index is 1.60. The maximum absolute atomic E-state index is 13.7. The largest absolute Gasteiger partial charge is 0.493 e. The number of nitrogens with zero attached hydrogens (tertiary/aromatic N) is 3. The van der Waals surface area contributed by atoms with Gasteiger partial charge in [0.05, 0.1) is 35.3 Å². The van der Waals surface area contributed by atoms with Crippen molar-refractivity contribution in [3.63, 3.8) is 0 Å². The van der Waals surface area contributed by atoms with Crippen molar-refractivity contribution >= 4 is 50.8 Å². The lowest BCUT2D eigenvalue weighted by molar-refractivity contribution is 0.0512. The van der Waals surface area contributed by atoms with Gasteiger partial charge in [-0.05, 0) is 76.2 Å². The highest BCUT2D eigenvalue weighted by atomic mass is 35.5. The number of benzene rings is 3. The normalized spacial score (nSPS) is 11.5. The first kappa shape index (κ1) is 31.9. The molecule has 0 unspecified atom stereocenters. The van der Waals surface area contributed by atoms with E-state index >= 15 is 0 Å². The molecule has 0 aliphatic heterocycles. The molecule has 0 aliphatic rings. The summed E-state index contributed by atoms with van der Waals surface area (Å²) in [5, 5.41) is 11.7. The third-order valence-corrected chi connectivity index (χ3v) is 8.73. The van der Waals surface area contributed by atoms with Crippen LogP contribution < -0.4 is 10.1 Å². The van der Waals surface area contributed by atoms with Gasteiger partial charge >= 0.3 is 5.97 Å². The zero-order chi connectivity index (χ0) is 31.2. The van der Waals surface area contributed by atoms with Crippen molar-refractivity contribution < 1.29 is 14.3 Å². The van der Waals surface area contributed by atoms with Gasteiger partial charge in [-0.2, -0.15) is 5.10 Å². The Morgan fingerprint density at radius 1 is 1.00 bits per heavy atom. The molecule has 5 aromatic rings. The zero-order valence-electron chi connectivity index (χ0n) is 25.9. The first-order valence-electron chi connectivity index (χ1n) is 15.3. The predicted octanol–water partition coefficient (Wildman–Crippen LogP) is 8.08. The fourth-order valence-electron chi connectivity index (χ4n) is 6.06. The van der Waals surface area contributed by atoms with Gasteiger partial charge in [-0.1, -0.05) is 54.1 Å². The van der Waals surface area contributed by atoms with Crippen LogP contribution in [0.2, 0.25) is 5.02 Å². The lowest BCUT2D eigenvalue weighted by atomic mass is 9.98. The zero-order valence-corrected chi connectivity index (χ0v) is 27.4. The van der Waals surface area contributed by atoms with Crippen molar-refractivity contribution in [1.82, 2.24) is 19.7 Å². The number of fused-ring (bicyclic) bond motifs is 2. The van der Waals surface area contributed by atoms with Crippen LogP contribution in [0.3, 0.4) is 0 Å². The van der Waals surface area contributed by atoms with E-state index in [0.29, 0.717) is 36.7 Å². The highest BCUT2D eigenvalue weighted by Gasteiger charge is 2.29. The number of aromatic nitrogens is 3. The molecule has 0 atom stereocenters. The molecule has 0 bridgehead atoms. The van der Waals surface area contributed by atoms with Crippen LogP contribution >= 0.6 is 23.2 Å². The van der Waals surface area contributed by atoms with E-state index in [1.165, 1.54) is 0 Å². The van der Waals surface area contributed by atoms with Crippen molar-refractivity contribution in [3.05, 3.63) is 82.3 Å². The molecule has 0 saturated heterocycles. The number of nitrogens with one attached hydrogen (secondary N) is 1. The minimum Gasteiger partial charge on any atom is -0.493 e. The van der Waals surface area contributed by atoms with Crippen LogP contribution in [0.15, 0.2) is 54.6 Å². The Hall–Kier alpha value is -3.52. The number of carbonyl (C=O) groups is 1.